The molecule has 0 aliphatic rings. The Labute approximate surface area is 94.9 Å². The highest BCUT2D eigenvalue weighted by atomic mass is 16.4. The van der Waals surface area contributed by atoms with E-state index in [-0.39, 0.29) is 18.2 Å². The van der Waals surface area contributed by atoms with Crippen LogP contribution in [0.4, 0.5) is 5.69 Å². The lowest BCUT2D eigenvalue weighted by atomic mass is 10.1. The number of aryl methyl sites for hydroxylation is 1. The molecule has 88 valence electrons. The molecule has 1 atom stereocenters. The first-order chi connectivity index (χ1) is 7.49. The van der Waals surface area contributed by atoms with Crippen LogP contribution in [0.1, 0.15) is 25.3 Å². The molecule has 0 spiro atoms. The highest BCUT2D eigenvalue weighted by Gasteiger charge is 2.07. The quantitative estimate of drug-likeness (QED) is 0.670. The number of hydrogen-bond acceptors (Lipinski definition) is 3. The van der Waals surface area contributed by atoms with Crippen LogP contribution in [0.15, 0.2) is 18.2 Å². The molecule has 0 aliphatic heterocycles. The molecule has 1 unspecified atom stereocenters. The summed E-state index contributed by atoms with van der Waals surface area (Å²) in [5.74, 6) is -0.544. The topological polar surface area (TPSA) is 69.6 Å². The van der Waals surface area contributed by atoms with Crippen molar-refractivity contribution >= 4 is 11.7 Å². The van der Waals surface area contributed by atoms with Gasteiger partial charge in [-0.1, -0.05) is 0 Å². The van der Waals surface area contributed by atoms with Gasteiger partial charge in [0.1, 0.15) is 5.75 Å². The van der Waals surface area contributed by atoms with E-state index < -0.39 is 5.97 Å². The minimum atomic E-state index is -0.781. The van der Waals surface area contributed by atoms with Crippen molar-refractivity contribution in [2.45, 2.75) is 32.7 Å². The fourth-order valence-electron chi connectivity index (χ4n) is 1.49. The van der Waals surface area contributed by atoms with E-state index in [1.54, 1.807) is 18.2 Å². The van der Waals surface area contributed by atoms with E-state index in [1.807, 2.05) is 13.8 Å². The number of nitrogens with one attached hydrogen (secondary N) is 1. The van der Waals surface area contributed by atoms with Crippen molar-refractivity contribution in [3.05, 3.63) is 23.8 Å². The van der Waals surface area contributed by atoms with Gasteiger partial charge in [-0.05, 0) is 44.0 Å². The number of anilines is 1. The van der Waals surface area contributed by atoms with Gasteiger partial charge >= 0.3 is 5.97 Å². The molecular weight excluding hydrogens is 206 g/mol. The molecule has 4 heteroatoms. The molecule has 0 bridgehead atoms. The first-order valence-corrected chi connectivity index (χ1v) is 5.27. The third kappa shape index (κ3) is 3.81. The molecule has 1 aromatic rings. The average Bonchev–Trinajstić information content (AvgIpc) is 2.19. The first-order valence-electron chi connectivity index (χ1n) is 5.27. The van der Waals surface area contributed by atoms with Crippen molar-refractivity contribution in [1.29, 1.82) is 0 Å². The molecule has 16 heavy (non-hydrogen) atoms. The molecule has 1 aromatic carbocycles. The highest BCUT2D eigenvalue weighted by Crippen LogP contribution is 2.21. The largest absolute Gasteiger partial charge is 0.508 e. The molecule has 0 fully saturated rings. The summed E-state index contributed by atoms with van der Waals surface area (Å²) < 4.78 is 0. The van der Waals surface area contributed by atoms with Gasteiger partial charge in [0.25, 0.3) is 0 Å². The number of aromatic hydroxyl groups is 1. The summed E-state index contributed by atoms with van der Waals surface area (Å²) in [6.45, 7) is 3.83. The zero-order valence-corrected chi connectivity index (χ0v) is 9.53. The Morgan fingerprint density at radius 3 is 2.75 bits per heavy atom. The Kier molecular flexibility index (Phi) is 4.17. The number of phenols is 1. The van der Waals surface area contributed by atoms with Crippen molar-refractivity contribution < 1.29 is 15.0 Å². The number of carboxylic acids is 1. The molecule has 4 nitrogen and oxygen atoms in total. The Balaban J connectivity index is 2.55. The summed E-state index contributed by atoms with van der Waals surface area (Å²) in [7, 11) is 0. The Morgan fingerprint density at radius 1 is 1.50 bits per heavy atom. The monoisotopic (exact) mass is 223 g/mol. The zero-order chi connectivity index (χ0) is 12.1. The molecule has 1 rings (SSSR count). The Bertz CT molecular complexity index is 377. The van der Waals surface area contributed by atoms with Crippen LogP contribution in [0, 0.1) is 6.92 Å². The van der Waals surface area contributed by atoms with Gasteiger partial charge in [-0.2, -0.15) is 0 Å². The van der Waals surface area contributed by atoms with E-state index in [1.165, 1.54) is 0 Å². The molecule has 0 heterocycles. The second kappa shape index (κ2) is 5.39. The van der Waals surface area contributed by atoms with Gasteiger partial charge in [0.05, 0.1) is 0 Å². The SMILES string of the molecule is Cc1cc(O)ccc1NC(C)CCC(=O)O. The van der Waals surface area contributed by atoms with Gasteiger partial charge in [-0.25, -0.2) is 0 Å². The molecule has 0 saturated carbocycles. The minimum Gasteiger partial charge on any atom is -0.508 e. The molecule has 0 aliphatic carbocycles. The summed E-state index contributed by atoms with van der Waals surface area (Å²) in [5, 5.41) is 21.0. The lowest BCUT2D eigenvalue weighted by molar-refractivity contribution is -0.137. The van der Waals surface area contributed by atoms with Gasteiger partial charge in [-0.15, -0.1) is 0 Å². The number of carbonyl (C=O) groups is 1. The fourth-order valence-corrected chi connectivity index (χ4v) is 1.49. The van der Waals surface area contributed by atoms with Crippen molar-refractivity contribution in [3.63, 3.8) is 0 Å². The summed E-state index contributed by atoms with van der Waals surface area (Å²) in [4.78, 5) is 10.4. The molecule has 0 radical (unpaired) electrons. The van der Waals surface area contributed by atoms with Crippen LogP contribution >= 0.6 is 0 Å². The average molecular weight is 223 g/mol. The molecule has 0 amide bonds. The molecule has 3 N–H and O–H groups in total. The van der Waals surface area contributed by atoms with Crippen LogP contribution in [-0.2, 0) is 4.79 Å². The number of aliphatic carboxylic acids is 1. The van der Waals surface area contributed by atoms with E-state index in [2.05, 4.69) is 5.32 Å². The van der Waals surface area contributed by atoms with Crippen molar-refractivity contribution in [2.75, 3.05) is 5.32 Å². The van der Waals surface area contributed by atoms with Gasteiger partial charge in [0.15, 0.2) is 0 Å². The van der Waals surface area contributed by atoms with E-state index in [0.29, 0.717) is 6.42 Å². The number of benzene rings is 1. The number of rotatable bonds is 5. The maximum absolute atomic E-state index is 10.4. The van der Waals surface area contributed by atoms with Crippen molar-refractivity contribution in [2.24, 2.45) is 0 Å². The highest BCUT2D eigenvalue weighted by molar-refractivity contribution is 5.66. The third-order valence-electron chi connectivity index (χ3n) is 2.40. The smallest absolute Gasteiger partial charge is 0.303 e. The zero-order valence-electron chi connectivity index (χ0n) is 9.53. The first kappa shape index (κ1) is 12.4. The van der Waals surface area contributed by atoms with Gasteiger partial charge in [0, 0.05) is 18.2 Å². The van der Waals surface area contributed by atoms with E-state index >= 15 is 0 Å². The number of carboxylic acid groups (broad SMARTS) is 1. The summed E-state index contributed by atoms with van der Waals surface area (Å²) in [6, 6.07) is 5.17. The number of phenolic OH excluding ortho intramolecular Hbond substituents is 1. The summed E-state index contributed by atoms with van der Waals surface area (Å²) in [6.07, 6.45) is 0.737. The Morgan fingerprint density at radius 2 is 2.19 bits per heavy atom. The van der Waals surface area contributed by atoms with Crippen LogP contribution < -0.4 is 5.32 Å². The van der Waals surface area contributed by atoms with E-state index in [0.717, 1.165) is 11.3 Å². The van der Waals surface area contributed by atoms with Crippen molar-refractivity contribution in [3.8, 4) is 5.75 Å². The van der Waals surface area contributed by atoms with Crippen LogP contribution in [-0.4, -0.2) is 22.2 Å². The van der Waals surface area contributed by atoms with Crippen LogP contribution in [0.2, 0.25) is 0 Å². The maximum Gasteiger partial charge on any atom is 0.303 e. The molecule has 0 aromatic heterocycles. The van der Waals surface area contributed by atoms with Crippen LogP contribution in [0.3, 0.4) is 0 Å². The van der Waals surface area contributed by atoms with Gasteiger partial charge in [0.2, 0.25) is 0 Å². The fraction of sp³-hybridized carbons (Fsp3) is 0.417. The minimum absolute atomic E-state index is 0.0966. The lowest BCUT2D eigenvalue weighted by Gasteiger charge is -2.16. The Hall–Kier alpha value is -1.71. The normalized spacial score (nSPS) is 12.1. The van der Waals surface area contributed by atoms with Gasteiger partial charge in [-0.3, -0.25) is 4.79 Å². The maximum atomic E-state index is 10.4. The van der Waals surface area contributed by atoms with E-state index in [9.17, 15) is 9.90 Å². The second-order valence-corrected chi connectivity index (χ2v) is 3.98. The summed E-state index contributed by atoms with van der Waals surface area (Å²) in [5.41, 5.74) is 1.87. The second-order valence-electron chi connectivity index (χ2n) is 3.98. The van der Waals surface area contributed by atoms with Crippen molar-refractivity contribution in [1.82, 2.24) is 0 Å². The van der Waals surface area contributed by atoms with E-state index in [4.69, 9.17) is 5.11 Å². The predicted octanol–water partition coefficient (Wildman–Crippen LogP) is 2.37. The summed E-state index contributed by atoms with van der Waals surface area (Å²) >= 11 is 0. The lowest BCUT2D eigenvalue weighted by Crippen LogP contribution is -2.17. The predicted molar refractivity (Wildman–Crippen MR) is 62.8 cm³/mol. The van der Waals surface area contributed by atoms with Crippen LogP contribution in [0.5, 0.6) is 5.75 Å². The molecule has 0 saturated heterocycles. The molecular formula is C12H17NO3. The van der Waals surface area contributed by atoms with Crippen LogP contribution in [0.25, 0.3) is 0 Å². The number of hydrogen-bond donors (Lipinski definition) is 3. The third-order valence-corrected chi connectivity index (χ3v) is 2.40. The standard InChI is InChI=1S/C12H17NO3/c1-8-7-10(14)4-5-11(8)13-9(2)3-6-12(15)16/h4-5,7,9,13-14H,3,6H2,1-2H3,(H,15,16). The van der Waals surface area contributed by atoms with Gasteiger partial charge < -0.3 is 15.5 Å².